The maximum atomic E-state index is 12.0. The molecule has 1 amide bonds. The van der Waals surface area contributed by atoms with Crippen LogP contribution in [0.3, 0.4) is 0 Å². The van der Waals surface area contributed by atoms with Crippen LogP contribution in [0, 0.1) is 13.8 Å². The van der Waals surface area contributed by atoms with E-state index in [2.05, 4.69) is 13.2 Å². The predicted molar refractivity (Wildman–Crippen MR) is 78.4 cm³/mol. The molecule has 0 heterocycles. The summed E-state index contributed by atoms with van der Waals surface area (Å²) in [6, 6.07) is 5.90. The summed E-state index contributed by atoms with van der Waals surface area (Å²) in [6.07, 6.45) is 3.39. The summed E-state index contributed by atoms with van der Waals surface area (Å²) >= 11 is 0. The maximum Gasteiger partial charge on any atom is 0.261 e. The Morgan fingerprint density at radius 1 is 1.26 bits per heavy atom. The summed E-state index contributed by atoms with van der Waals surface area (Å²) in [4.78, 5) is 13.6. The Morgan fingerprint density at radius 2 is 1.89 bits per heavy atom. The molecule has 0 unspecified atom stereocenters. The van der Waals surface area contributed by atoms with Gasteiger partial charge in [-0.15, -0.1) is 13.2 Å². The molecule has 0 aliphatic carbocycles. The van der Waals surface area contributed by atoms with Crippen molar-refractivity contribution in [2.45, 2.75) is 13.8 Å². The van der Waals surface area contributed by atoms with Crippen LogP contribution in [0.2, 0.25) is 0 Å². The third-order valence-corrected chi connectivity index (χ3v) is 2.73. The van der Waals surface area contributed by atoms with Gasteiger partial charge in [0.2, 0.25) is 0 Å². The maximum absolute atomic E-state index is 12.0. The van der Waals surface area contributed by atoms with Gasteiger partial charge < -0.3 is 9.64 Å². The zero-order chi connectivity index (χ0) is 14.3. The molecule has 1 aromatic carbocycles. The molecule has 1 aromatic rings. The second-order valence-corrected chi connectivity index (χ2v) is 4.43. The summed E-state index contributed by atoms with van der Waals surface area (Å²) in [6.45, 7) is 12.3. The van der Waals surface area contributed by atoms with E-state index in [0.29, 0.717) is 13.1 Å². The number of carbonyl (C=O) groups is 1. The molecule has 0 spiro atoms. The Kier molecular flexibility index (Phi) is 5.86. The van der Waals surface area contributed by atoms with Crippen LogP contribution in [-0.2, 0) is 4.79 Å². The Hall–Kier alpha value is -2.03. The van der Waals surface area contributed by atoms with Crippen LogP contribution in [0.4, 0.5) is 0 Å². The first kappa shape index (κ1) is 15.0. The molecule has 1 rings (SSSR count). The van der Waals surface area contributed by atoms with E-state index in [4.69, 9.17) is 4.74 Å². The lowest BCUT2D eigenvalue weighted by atomic mass is 10.1. The Bertz CT molecular complexity index is 456. The highest BCUT2D eigenvalue weighted by Gasteiger charge is 2.11. The van der Waals surface area contributed by atoms with Crippen molar-refractivity contribution in [1.29, 1.82) is 0 Å². The highest BCUT2D eigenvalue weighted by Crippen LogP contribution is 2.18. The van der Waals surface area contributed by atoms with Crippen LogP contribution in [0.1, 0.15) is 11.1 Å². The van der Waals surface area contributed by atoms with Gasteiger partial charge in [0.25, 0.3) is 5.91 Å². The van der Waals surface area contributed by atoms with E-state index in [-0.39, 0.29) is 12.5 Å². The minimum absolute atomic E-state index is 0.0333. The van der Waals surface area contributed by atoms with Gasteiger partial charge >= 0.3 is 0 Å². The van der Waals surface area contributed by atoms with E-state index < -0.39 is 0 Å². The topological polar surface area (TPSA) is 29.5 Å². The molecular formula is C16H21NO2. The number of nitrogens with zero attached hydrogens (tertiary/aromatic N) is 1. The van der Waals surface area contributed by atoms with Crippen molar-refractivity contribution in [1.82, 2.24) is 4.90 Å². The summed E-state index contributed by atoms with van der Waals surface area (Å²) in [5, 5.41) is 0. The van der Waals surface area contributed by atoms with E-state index >= 15 is 0 Å². The summed E-state index contributed by atoms with van der Waals surface area (Å²) < 4.78 is 5.57. The van der Waals surface area contributed by atoms with Gasteiger partial charge in [0.05, 0.1) is 0 Å². The average molecular weight is 259 g/mol. The first-order valence-corrected chi connectivity index (χ1v) is 6.28. The van der Waals surface area contributed by atoms with Crippen molar-refractivity contribution in [3.63, 3.8) is 0 Å². The second-order valence-electron chi connectivity index (χ2n) is 4.43. The Labute approximate surface area is 115 Å². The summed E-state index contributed by atoms with van der Waals surface area (Å²) in [5.74, 6) is 0.677. The lowest BCUT2D eigenvalue weighted by Crippen LogP contribution is -2.35. The van der Waals surface area contributed by atoms with Crippen LogP contribution in [0.5, 0.6) is 5.75 Å². The van der Waals surface area contributed by atoms with Gasteiger partial charge in [0.15, 0.2) is 6.61 Å². The molecule has 0 atom stereocenters. The van der Waals surface area contributed by atoms with E-state index in [1.165, 1.54) is 5.56 Å². The van der Waals surface area contributed by atoms with Crippen molar-refractivity contribution >= 4 is 5.91 Å². The van der Waals surface area contributed by atoms with Gasteiger partial charge in [0, 0.05) is 13.1 Å². The van der Waals surface area contributed by atoms with Crippen molar-refractivity contribution < 1.29 is 9.53 Å². The first-order valence-electron chi connectivity index (χ1n) is 6.28. The van der Waals surface area contributed by atoms with Crippen molar-refractivity contribution in [3.8, 4) is 5.75 Å². The molecule has 102 valence electrons. The standard InChI is InChI=1S/C16H21NO2/c1-5-9-17(10-6-2)16(18)12-19-15-8-7-13(3)11-14(15)4/h5-8,11H,1-2,9-10,12H2,3-4H3. The third-order valence-electron chi connectivity index (χ3n) is 2.73. The average Bonchev–Trinajstić information content (AvgIpc) is 2.37. The molecule has 0 N–H and O–H groups in total. The number of rotatable bonds is 7. The van der Waals surface area contributed by atoms with Crippen LogP contribution >= 0.6 is 0 Å². The molecule has 0 radical (unpaired) electrons. The molecule has 0 fully saturated rings. The minimum Gasteiger partial charge on any atom is -0.483 e. The molecule has 3 heteroatoms. The van der Waals surface area contributed by atoms with Gasteiger partial charge in [-0.3, -0.25) is 4.79 Å². The fourth-order valence-corrected chi connectivity index (χ4v) is 1.78. The number of carbonyl (C=O) groups excluding carboxylic acids is 1. The van der Waals surface area contributed by atoms with E-state index in [1.807, 2.05) is 32.0 Å². The van der Waals surface area contributed by atoms with E-state index in [9.17, 15) is 4.79 Å². The Balaban J connectivity index is 2.61. The fourth-order valence-electron chi connectivity index (χ4n) is 1.78. The van der Waals surface area contributed by atoms with Crippen LogP contribution in [-0.4, -0.2) is 30.5 Å². The molecular weight excluding hydrogens is 238 g/mol. The molecule has 0 saturated carbocycles. The normalized spacial score (nSPS) is 9.79. The SMILES string of the molecule is C=CCN(CC=C)C(=O)COc1ccc(C)cc1C. The number of ether oxygens (including phenoxy) is 1. The van der Waals surface area contributed by atoms with E-state index in [1.54, 1.807) is 17.1 Å². The van der Waals surface area contributed by atoms with Gasteiger partial charge in [-0.05, 0) is 25.5 Å². The number of aryl methyl sites for hydroxylation is 2. The molecule has 19 heavy (non-hydrogen) atoms. The predicted octanol–water partition coefficient (Wildman–Crippen LogP) is 2.88. The number of hydrogen-bond donors (Lipinski definition) is 0. The first-order chi connectivity index (χ1) is 9.08. The highest BCUT2D eigenvalue weighted by molar-refractivity contribution is 5.78. The van der Waals surface area contributed by atoms with Gasteiger partial charge in [-0.1, -0.05) is 29.8 Å². The molecule has 3 nitrogen and oxygen atoms in total. The zero-order valence-corrected chi connectivity index (χ0v) is 11.7. The summed E-state index contributed by atoms with van der Waals surface area (Å²) in [7, 11) is 0. The number of amides is 1. The molecule has 0 aliphatic heterocycles. The zero-order valence-electron chi connectivity index (χ0n) is 11.7. The molecule has 0 bridgehead atoms. The van der Waals surface area contributed by atoms with Crippen LogP contribution in [0.15, 0.2) is 43.5 Å². The lowest BCUT2D eigenvalue weighted by molar-refractivity contribution is -0.132. The molecule has 0 aliphatic rings. The van der Waals surface area contributed by atoms with Gasteiger partial charge in [0.1, 0.15) is 5.75 Å². The monoisotopic (exact) mass is 259 g/mol. The van der Waals surface area contributed by atoms with Crippen molar-refractivity contribution in [2.24, 2.45) is 0 Å². The summed E-state index contributed by atoms with van der Waals surface area (Å²) in [5.41, 5.74) is 2.21. The molecule has 0 aromatic heterocycles. The smallest absolute Gasteiger partial charge is 0.261 e. The Morgan fingerprint density at radius 3 is 2.42 bits per heavy atom. The number of benzene rings is 1. The number of hydrogen-bond acceptors (Lipinski definition) is 2. The third kappa shape index (κ3) is 4.62. The molecule has 0 saturated heterocycles. The van der Waals surface area contributed by atoms with Crippen LogP contribution < -0.4 is 4.74 Å². The lowest BCUT2D eigenvalue weighted by Gasteiger charge is -2.19. The quantitative estimate of drug-likeness (QED) is 0.705. The van der Waals surface area contributed by atoms with Gasteiger partial charge in [-0.2, -0.15) is 0 Å². The van der Waals surface area contributed by atoms with Crippen LogP contribution in [0.25, 0.3) is 0 Å². The largest absolute Gasteiger partial charge is 0.483 e. The van der Waals surface area contributed by atoms with E-state index in [0.717, 1.165) is 11.3 Å². The minimum atomic E-state index is -0.0697. The second kappa shape index (κ2) is 7.41. The van der Waals surface area contributed by atoms with Crippen molar-refractivity contribution in [3.05, 3.63) is 54.6 Å². The fraction of sp³-hybridized carbons (Fsp3) is 0.312. The highest BCUT2D eigenvalue weighted by atomic mass is 16.5. The van der Waals surface area contributed by atoms with Crippen molar-refractivity contribution in [2.75, 3.05) is 19.7 Å². The van der Waals surface area contributed by atoms with Gasteiger partial charge in [-0.25, -0.2) is 0 Å².